The lowest BCUT2D eigenvalue weighted by Crippen LogP contribution is -2.03. The van der Waals surface area contributed by atoms with E-state index in [1.165, 1.54) is 18.4 Å². The maximum absolute atomic E-state index is 11.9. The fourth-order valence-electron chi connectivity index (χ4n) is 1.56. The van der Waals surface area contributed by atoms with E-state index in [1.807, 2.05) is 36.6 Å². The molecule has 1 heterocycles. The van der Waals surface area contributed by atoms with Crippen LogP contribution in [0.3, 0.4) is 0 Å². The lowest BCUT2D eigenvalue weighted by molar-refractivity contribution is -0.133. The first-order chi connectivity index (χ1) is 9.10. The van der Waals surface area contributed by atoms with E-state index < -0.39 is 0 Å². The Hall–Kier alpha value is -1.46. The molecule has 0 bridgehead atoms. The Kier molecular flexibility index (Phi) is 4.50. The number of ether oxygens (including phenoxy) is 1. The Balaban J connectivity index is 2.46. The Morgan fingerprint density at radius 2 is 2.26 bits per heavy atom. The maximum Gasteiger partial charge on any atom is 0.340 e. The van der Waals surface area contributed by atoms with Crippen molar-refractivity contribution in [1.82, 2.24) is 4.98 Å². The molecule has 0 N–H and O–H groups in total. The third-order valence-electron chi connectivity index (χ3n) is 2.41. The molecule has 3 nitrogen and oxygen atoms in total. The van der Waals surface area contributed by atoms with E-state index in [0.717, 1.165) is 15.7 Å². The first kappa shape index (κ1) is 14.0. The van der Waals surface area contributed by atoms with Gasteiger partial charge in [-0.05, 0) is 30.7 Å². The van der Waals surface area contributed by atoms with Crippen molar-refractivity contribution in [2.45, 2.75) is 6.92 Å². The van der Waals surface area contributed by atoms with E-state index >= 15 is 0 Å². The number of aryl methyl sites for hydroxylation is 1. The molecule has 0 aliphatic rings. The highest BCUT2D eigenvalue weighted by atomic mass is 79.9. The van der Waals surface area contributed by atoms with Gasteiger partial charge in [0.1, 0.15) is 5.01 Å². The van der Waals surface area contributed by atoms with Crippen LogP contribution < -0.4 is 0 Å². The summed E-state index contributed by atoms with van der Waals surface area (Å²) in [5.41, 5.74) is 2.28. The van der Waals surface area contributed by atoms with E-state index in [1.54, 1.807) is 6.08 Å². The van der Waals surface area contributed by atoms with Crippen molar-refractivity contribution in [2.75, 3.05) is 7.11 Å². The van der Waals surface area contributed by atoms with Crippen LogP contribution in [0.1, 0.15) is 16.3 Å². The minimum absolute atomic E-state index is 0.380. The molecule has 98 valence electrons. The van der Waals surface area contributed by atoms with Crippen LogP contribution >= 0.6 is 27.3 Å². The van der Waals surface area contributed by atoms with Gasteiger partial charge < -0.3 is 4.74 Å². The number of thiazole rings is 1. The van der Waals surface area contributed by atoms with Gasteiger partial charge in [0, 0.05) is 15.5 Å². The molecule has 2 aromatic rings. The van der Waals surface area contributed by atoms with Gasteiger partial charge in [0.2, 0.25) is 0 Å². The number of hydrogen-bond acceptors (Lipinski definition) is 4. The molecule has 0 aliphatic carbocycles. The number of aromatic nitrogens is 1. The second-order valence-electron chi connectivity index (χ2n) is 3.90. The molecule has 0 saturated heterocycles. The SMILES string of the molecule is COC(=O)/C(=C\c1cccc(Br)c1)c1nc(C)cs1. The van der Waals surface area contributed by atoms with Crippen LogP contribution in [-0.2, 0) is 9.53 Å². The largest absolute Gasteiger partial charge is 0.465 e. The number of methoxy groups -OCH3 is 1. The van der Waals surface area contributed by atoms with Gasteiger partial charge in [0.15, 0.2) is 0 Å². The lowest BCUT2D eigenvalue weighted by Gasteiger charge is -2.03. The quantitative estimate of drug-likeness (QED) is 0.629. The van der Waals surface area contributed by atoms with Crippen LogP contribution in [-0.4, -0.2) is 18.1 Å². The number of halogens is 1. The molecule has 0 fully saturated rings. The fourth-order valence-corrected chi connectivity index (χ4v) is 2.78. The smallest absolute Gasteiger partial charge is 0.340 e. The summed E-state index contributed by atoms with van der Waals surface area (Å²) in [7, 11) is 1.37. The maximum atomic E-state index is 11.9. The Bertz CT molecular complexity index is 634. The molecular formula is C14H12BrNO2S. The minimum Gasteiger partial charge on any atom is -0.465 e. The van der Waals surface area contributed by atoms with Gasteiger partial charge in [0.05, 0.1) is 12.7 Å². The molecule has 1 aromatic carbocycles. The monoisotopic (exact) mass is 337 g/mol. The number of nitrogens with zero attached hydrogens (tertiary/aromatic N) is 1. The molecule has 0 amide bonds. The van der Waals surface area contributed by atoms with Crippen LogP contribution in [0.5, 0.6) is 0 Å². The molecule has 19 heavy (non-hydrogen) atoms. The summed E-state index contributed by atoms with van der Waals surface area (Å²) in [5, 5.41) is 2.58. The number of hydrogen-bond donors (Lipinski definition) is 0. The number of carbonyl (C=O) groups excluding carboxylic acids is 1. The van der Waals surface area contributed by atoms with Gasteiger partial charge in [0.25, 0.3) is 0 Å². The molecule has 2 rings (SSSR count). The van der Waals surface area contributed by atoms with Crippen molar-refractivity contribution < 1.29 is 9.53 Å². The first-order valence-corrected chi connectivity index (χ1v) is 7.25. The van der Waals surface area contributed by atoms with Crippen molar-refractivity contribution in [2.24, 2.45) is 0 Å². The van der Waals surface area contributed by atoms with Gasteiger partial charge in [-0.15, -0.1) is 11.3 Å². The number of esters is 1. The van der Waals surface area contributed by atoms with Gasteiger partial charge in [-0.1, -0.05) is 28.1 Å². The van der Waals surface area contributed by atoms with Crippen LogP contribution in [0.15, 0.2) is 34.1 Å². The zero-order valence-electron chi connectivity index (χ0n) is 10.5. The van der Waals surface area contributed by atoms with Crippen molar-refractivity contribution in [1.29, 1.82) is 0 Å². The third kappa shape index (κ3) is 3.52. The predicted octanol–water partition coefficient (Wildman–Crippen LogP) is 3.93. The molecule has 0 aliphatic heterocycles. The van der Waals surface area contributed by atoms with Crippen LogP contribution in [0.2, 0.25) is 0 Å². The standard InChI is InChI=1S/C14H12BrNO2S/c1-9-8-19-13(16-9)12(14(17)18-2)7-10-4-3-5-11(15)6-10/h3-8H,1-2H3/b12-7-. The van der Waals surface area contributed by atoms with E-state index in [0.29, 0.717) is 10.6 Å². The van der Waals surface area contributed by atoms with E-state index in [4.69, 9.17) is 4.74 Å². The lowest BCUT2D eigenvalue weighted by atomic mass is 10.1. The second kappa shape index (κ2) is 6.12. The first-order valence-electron chi connectivity index (χ1n) is 5.58. The normalized spacial score (nSPS) is 11.4. The average molecular weight is 338 g/mol. The highest BCUT2D eigenvalue weighted by Crippen LogP contribution is 2.24. The molecule has 5 heteroatoms. The summed E-state index contributed by atoms with van der Waals surface area (Å²) in [4.78, 5) is 16.2. The summed E-state index contributed by atoms with van der Waals surface area (Å²) in [6.07, 6.45) is 1.79. The summed E-state index contributed by atoms with van der Waals surface area (Å²) in [5.74, 6) is -0.380. The van der Waals surface area contributed by atoms with Gasteiger partial charge in [-0.25, -0.2) is 9.78 Å². The summed E-state index contributed by atoms with van der Waals surface area (Å²) >= 11 is 4.84. The van der Waals surface area contributed by atoms with Crippen molar-refractivity contribution in [3.05, 3.63) is 50.4 Å². The van der Waals surface area contributed by atoms with E-state index in [9.17, 15) is 4.79 Å². The summed E-state index contributed by atoms with van der Waals surface area (Å²) in [6, 6.07) is 7.71. The summed E-state index contributed by atoms with van der Waals surface area (Å²) in [6.45, 7) is 1.90. The number of benzene rings is 1. The fraction of sp³-hybridized carbons (Fsp3) is 0.143. The molecule has 0 atom stereocenters. The molecule has 0 radical (unpaired) electrons. The molecular weight excluding hydrogens is 326 g/mol. The number of carbonyl (C=O) groups is 1. The third-order valence-corrected chi connectivity index (χ3v) is 3.90. The van der Waals surface area contributed by atoms with Gasteiger partial charge in [-0.3, -0.25) is 0 Å². The zero-order valence-corrected chi connectivity index (χ0v) is 12.9. The Morgan fingerprint density at radius 1 is 1.47 bits per heavy atom. The predicted molar refractivity (Wildman–Crippen MR) is 80.9 cm³/mol. The highest BCUT2D eigenvalue weighted by Gasteiger charge is 2.15. The van der Waals surface area contributed by atoms with Gasteiger partial charge >= 0.3 is 5.97 Å². The topological polar surface area (TPSA) is 39.2 Å². The van der Waals surface area contributed by atoms with Crippen molar-refractivity contribution in [3.63, 3.8) is 0 Å². The number of rotatable bonds is 3. The van der Waals surface area contributed by atoms with Crippen molar-refractivity contribution in [3.8, 4) is 0 Å². The Labute approximate surface area is 124 Å². The molecule has 0 spiro atoms. The zero-order chi connectivity index (χ0) is 13.8. The van der Waals surface area contributed by atoms with Crippen LogP contribution in [0.25, 0.3) is 11.6 Å². The van der Waals surface area contributed by atoms with Gasteiger partial charge in [-0.2, -0.15) is 0 Å². The average Bonchev–Trinajstić information content (AvgIpc) is 2.81. The second-order valence-corrected chi connectivity index (χ2v) is 5.67. The van der Waals surface area contributed by atoms with Crippen LogP contribution in [0, 0.1) is 6.92 Å². The summed E-state index contributed by atoms with van der Waals surface area (Å²) < 4.78 is 5.79. The highest BCUT2D eigenvalue weighted by molar-refractivity contribution is 9.10. The van der Waals surface area contributed by atoms with E-state index in [2.05, 4.69) is 20.9 Å². The molecule has 0 saturated carbocycles. The van der Waals surface area contributed by atoms with E-state index in [-0.39, 0.29) is 5.97 Å². The molecule has 0 unspecified atom stereocenters. The molecule has 1 aromatic heterocycles. The van der Waals surface area contributed by atoms with Crippen LogP contribution in [0.4, 0.5) is 0 Å². The van der Waals surface area contributed by atoms with Crippen molar-refractivity contribution >= 4 is 44.9 Å². The minimum atomic E-state index is -0.380. The Morgan fingerprint density at radius 3 is 2.84 bits per heavy atom.